The summed E-state index contributed by atoms with van der Waals surface area (Å²) in [6.45, 7) is 6.59. The van der Waals surface area contributed by atoms with Crippen molar-refractivity contribution in [3.8, 4) is 0 Å². The maximum Gasteiger partial charge on any atom is 0.194 e. The third kappa shape index (κ3) is 4.26. The Bertz CT molecular complexity index is 978. The van der Waals surface area contributed by atoms with Crippen LogP contribution in [0, 0.1) is 0 Å². The van der Waals surface area contributed by atoms with Gasteiger partial charge in [-0.25, -0.2) is 4.98 Å². The number of carbonyl (C=O) groups excluding carboxylic acids is 1. The van der Waals surface area contributed by atoms with Gasteiger partial charge in [-0.2, -0.15) is 5.10 Å². The number of aromatic nitrogens is 3. The van der Waals surface area contributed by atoms with Gasteiger partial charge in [-0.3, -0.25) is 9.48 Å². The molecule has 0 saturated carbocycles. The maximum absolute atomic E-state index is 12.6. The molecule has 0 radical (unpaired) electrons. The number of hydrogen-bond donors (Lipinski definition) is 0. The zero-order valence-electron chi connectivity index (χ0n) is 15.6. The SMILES string of the molecule is CCn1ncc2cc(Cl)nc(/C=C/COC(C)(C)C(=O)c3ccccc3)c21. The third-order valence-corrected chi connectivity index (χ3v) is 4.50. The molecule has 140 valence electrons. The van der Waals surface area contributed by atoms with Gasteiger partial charge in [0.2, 0.25) is 0 Å². The van der Waals surface area contributed by atoms with Crippen molar-refractivity contribution in [1.29, 1.82) is 0 Å². The van der Waals surface area contributed by atoms with Crippen LogP contribution in [-0.2, 0) is 11.3 Å². The van der Waals surface area contributed by atoms with Crippen LogP contribution in [0.2, 0.25) is 5.15 Å². The number of aryl methyl sites for hydroxylation is 1. The molecule has 0 N–H and O–H groups in total. The first-order valence-electron chi connectivity index (χ1n) is 8.85. The number of rotatable bonds is 7. The lowest BCUT2D eigenvalue weighted by molar-refractivity contribution is 0.00796. The fourth-order valence-corrected chi connectivity index (χ4v) is 3.10. The number of Topliss-reactive ketones (excluding diaryl/α,β-unsaturated/α-hetero) is 1. The Morgan fingerprint density at radius 3 is 2.74 bits per heavy atom. The van der Waals surface area contributed by atoms with E-state index in [1.807, 2.05) is 42.0 Å². The summed E-state index contributed by atoms with van der Waals surface area (Å²) in [5, 5.41) is 5.70. The number of benzene rings is 1. The van der Waals surface area contributed by atoms with E-state index in [0.29, 0.717) is 10.7 Å². The van der Waals surface area contributed by atoms with E-state index in [1.54, 1.807) is 38.2 Å². The van der Waals surface area contributed by atoms with E-state index in [0.717, 1.165) is 23.1 Å². The third-order valence-electron chi connectivity index (χ3n) is 4.31. The van der Waals surface area contributed by atoms with Crippen LogP contribution >= 0.6 is 11.6 Å². The summed E-state index contributed by atoms with van der Waals surface area (Å²) >= 11 is 6.11. The molecule has 0 atom stereocenters. The molecule has 0 spiro atoms. The largest absolute Gasteiger partial charge is 0.363 e. The molecule has 0 aliphatic carbocycles. The molecule has 0 saturated heterocycles. The van der Waals surface area contributed by atoms with Gasteiger partial charge in [0.15, 0.2) is 5.78 Å². The van der Waals surface area contributed by atoms with E-state index >= 15 is 0 Å². The van der Waals surface area contributed by atoms with E-state index < -0.39 is 5.60 Å². The van der Waals surface area contributed by atoms with Crippen molar-refractivity contribution in [1.82, 2.24) is 14.8 Å². The number of nitrogens with zero attached hydrogens (tertiary/aromatic N) is 3. The van der Waals surface area contributed by atoms with Gasteiger partial charge in [0.1, 0.15) is 10.8 Å². The number of fused-ring (bicyclic) bond motifs is 1. The smallest absolute Gasteiger partial charge is 0.194 e. The average Bonchev–Trinajstić information content (AvgIpc) is 3.08. The topological polar surface area (TPSA) is 57.0 Å². The normalized spacial score (nSPS) is 12.1. The number of ether oxygens (including phenoxy) is 1. The lowest BCUT2D eigenvalue weighted by atomic mass is 9.96. The van der Waals surface area contributed by atoms with Crippen LogP contribution in [0.1, 0.15) is 36.8 Å². The van der Waals surface area contributed by atoms with Gasteiger partial charge in [0.05, 0.1) is 24.0 Å². The van der Waals surface area contributed by atoms with Gasteiger partial charge >= 0.3 is 0 Å². The summed E-state index contributed by atoms with van der Waals surface area (Å²) in [7, 11) is 0. The zero-order valence-corrected chi connectivity index (χ0v) is 16.4. The van der Waals surface area contributed by atoms with Crippen molar-refractivity contribution >= 4 is 34.4 Å². The predicted octanol–water partition coefficient (Wildman–Crippen LogP) is 4.80. The van der Waals surface area contributed by atoms with Gasteiger partial charge in [0.25, 0.3) is 0 Å². The Morgan fingerprint density at radius 1 is 1.30 bits per heavy atom. The summed E-state index contributed by atoms with van der Waals surface area (Å²) in [5.41, 5.74) is 1.37. The van der Waals surface area contributed by atoms with Gasteiger partial charge in [-0.05, 0) is 32.9 Å². The Kier molecular flexibility index (Phi) is 5.73. The van der Waals surface area contributed by atoms with Crippen molar-refractivity contribution in [3.63, 3.8) is 0 Å². The number of hydrogen-bond acceptors (Lipinski definition) is 4. The van der Waals surface area contributed by atoms with Crippen LogP contribution in [0.3, 0.4) is 0 Å². The number of carbonyl (C=O) groups is 1. The van der Waals surface area contributed by atoms with E-state index in [1.165, 1.54) is 0 Å². The van der Waals surface area contributed by atoms with Crippen molar-refractivity contribution in [2.24, 2.45) is 0 Å². The first-order valence-corrected chi connectivity index (χ1v) is 9.22. The second kappa shape index (κ2) is 8.03. The van der Waals surface area contributed by atoms with E-state index in [2.05, 4.69) is 10.1 Å². The predicted molar refractivity (Wildman–Crippen MR) is 108 cm³/mol. The highest BCUT2D eigenvalue weighted by Crippen LogP contribution is 2.22. The summed E-state index contributed by atoms with van der Waals surface area (Å²) in [6, 6.07) is 11.0. The molecule has 27 heavy (non-hydrogen) atoms. The van der Waals surface area contributed by atoms with Crippen molar-refractivity contribution in [3.05, 3.63) is 65.1 Å². The van der Waals surface area contributed by atoms with Gasteiger partial charge in [-0.15, -0.1) is 0 Å². The number of pyridine rings is 1. The summed E-state index contributed by atoms with van der Waals surface area (Å²) < 4.78 is 7.71. The average molecular weight is 384 g/mol. The van der Waals surface area contributed by atoms with Gasteiger partial charge in [-0.1, -0.05) is 48.0 Å². The molecule has 0 unspecified atom stereocenters. The van der Waals surface area contributed by atoms with Gasteiger partial charge in [0, 0.05) is 17.5 Å². The molecule has 3 aromatic rings. The highest BCUT2D eigenvalue weighted by molar-refractivity contribution is 6.30. The van der Waals surface area contributed by atoms with E-state index in [9.17, 15) is 4.79 Å². The molecule has 2 heterocycles. The molecular weight excluding hydrogens is 362 g/mol. The minimum atomic E-state index is -0.923. The Hall–Kier alpha value is -2.50. The molecule has 0 aliphatic heterocycles. The highest BCUT2D eigenvalue weighted by Gasteiger charge is 2.28. The maximum atomic E-state index is 12.6. The van der Waals surface area contributed by atoms with Gasteiger partial charge < -0.3 is 4.74 Å². The molecule has 0 bridgehead atoms. The molecule has 3 rings (SSSR count). The van der Waals surface area contributed by atoms with Crippen LogP contribution in [-0.4, -0.2) is 32.8 Å². The zero-order chi connectivity index (χ0) is 19.4. The molecule has 0 amide bonds. The van der Waals surface area contributed by atoms with Crippen LogP contribution in [0.4, 0.5) is 0 Å². The van der Waals surface area contributed by atoms with Crippen LogP contribution in [0.15, 0.2) is 48.7 Å². The lowest BCUT2D eigenvalue weighted by Crippen LogP contribution is -2.35. The Morgan fingerprint density at radius 2 is 2.04 bits per heavy atom. The minimum absolute atomic E-state index is 0.0520. The number of ketones is 1. The monoisotopic (exact) mass is 383 g/mol. The van der Waals surface area contributed by atoms with Crippen molar-refractivity contribution in [2.75, 3.05) is 6.61 Å². The lowest BCUT2D eigenvalue weighted by Gasteiger charge is -2.23. The highest BCUT2D eigenvalue weighted by atomic mass is 35.5. The van der Waals surface area contributed by atoms with Crippen LogP contribution in [0.5, 0.6) is 0 Å². The van der Waals surface area contributed by atoms with Crippen molar-refractivity contribution in [2.45, 2.75) is 32.9 Å². The molecular formula is C21H22ClN3O2. The quantitative estimate of drug-likeness (QED) is 0.434. The molecule has 6 heteroatoms. The molecule has 0 aliphatic rings. The molecule has 0 fully saturated rings. The fourth-order valence-electron chi connectivity index (χ4n) is 2.89. The Balaban J connectivity index is 1.73. The fraction of sp³-hybridized carbons (Fsp3) is 0.286. The summed E-state index contributed by atoms with van der Waals surface area (Å²) in [6.07, 6.45) is 5.47. The Labute approximate surface area is 163 Å². The van der Waals surface area contributed by atoms with E-state index in [4.69, 9.17) is 16.3 Å². The van der Waals surface area contributed by atoms with Crippen LogP contribution < -0.4 is 0 Å². The molecule has 5 nitrogen and oxygen atoms in total. The number of halogens is 1. The van der Waals surface area contributed by atoms with E-state index in [-0.39, 0.29) is 12.4 Å². The minimum Gasteiger partial charge on any atom is -0.363 e. The second-order valence-corrected chi connectivity index (χ2v) is 7.03. The first-order chi connectivity index (χ1) is 12.9. The standard InChI is InChI=1S/C21H22ClN3O2/c1-4-25-19-16(14-23-25)13-18(22)24-17(19)11-8-12-27-21(2,3)20(26)15-9-6-5-7-10-15/h5-11,13-14H,4,12H2,1-3H3/b11-8+. The summed E-state index contributed by atoms with van der Waals surface area (Å²) in [4.78, 5) is 17.0. The van der Waals surface area contributed by atoms with Crippen LogP contribution in [0.25, 0.3) is 17.0 Å². The summed E-state index contributed by atoms with van der Waals surface area (Å²) in [5.74, 6) is -0.0520. The molecule has 2 aromatic heterocycles. The second-order valence-electron chi connectivity index (χ2n) is 6.65. The van der Waals surface area contributed by atoms with Crippen molar-refractivity contribution < 1.29 is 9.53 Å². The first kappa shape index (κ1) is 19.3. The molecule has 1 aromatic carbocycles.